The Morgan fingerprint density at radius 2 is 1.69 bits per heavy atom. The van der Waals surface area contributed by atoms with Gasteiger partial charge < -0.3 is 10.1 Å². The third-order valence-corrected chi connectivity index (χ3v) is 5.92. The van der Waals surface area contributed by atoms with Crippen LogP contribution in [0.1, 0.15) is 21.3 Å². The molecule has 2 amide bonds. The summed E-state index contributed by atoms with van der Waals surface area (Å²) in [6.45, 7) is 0. The number of carbonyl (C=O) groups is 2. The number of thioether (sulfide) groups is 1. The number of anilines is 2. The summed E-state index contributed by atoms with van der Waals surface area (Å²) >= 11 is 1.59. The minimum absolute atomic E-state index is 0.0756. The highest BCUT2D eigenvalue weighted by atomic mass is 32.2. The molecule has 1 aliphatic heterocycles. The first-order valence-corrected chi connectivity index (χ1v) is 10.2. The fourth-order valence-corrected chi connectivity index (χ4v) is 4.39. The van der Waals surface area contributed by atoms with Crippen LogP contribution in [0.25, 0.3) is 0 Å². The van der Waals surface area contributed by atoms with Gasteiger partial charge in [0.25, 0.3) is 5.91 Å². The number of methoxy groups -OCH3 is 1. The molecule has 29 heavy (non-hydrogen) atoms. The molecule has 146 valence electrons. The van der Waals surface area contributed by atoms with Crippen LogP contribution in [-0.2, 0) is 4.79 Å². The largest absolute Gasteiger partial charge is 0.497 e. The lowest BCUT2D eigenvalue weighted by Crippen LogP contribution is -2.27. The van der Waals surface area contributed by atoms with Crippen LogP contribution in [0.2, 0.25) is 0 Å². The van der Waals surface area contributed by atoms with Gasteiger partial charge in [-0.05, 0) is 54.1 Å². The zero-order chi connectivity index (χ0) is 20.2. The van der Waals surface area contributed by atoms with Crippen LogP contribution < -0.4 is 15.0 Å². The summed E-state index contributed by atoms with van der Waals surface area (Å²) in [6.07, 6.45) is 0. The highest BCUT2D eigenvalue weighted by Gasteiger charge is 2.34. The molecule has 0 radical (unpaired) electrons. The Bertz CT molecular complexity index is 1000. The van der Waals surface area contributed by atoms with Gasteiger partial charge in [0.1, 0.15) is 11.1 Å². The minimum Gasteiger partial charge on any atom is -0.497 e. The van der Waals surface area contributed by atoms with E-state index < -0.39 is 0 Å². The summed E-state index contributed by atoms with van der Waals surface area (Å²) in [4.78, 5) is 26.6. The number of nitrogens with one attached hydrogen (secondary N) is 1. The Morgan fingerprint density at radius 3 is 2.34 bits per heavy atom. The normalized spacial score (nSPS) is 16.0. The minimum atomic E-state index is -0.149. The molecular weight excluding hydrogens is 384 g/mol. The van der Waals surface area contributed by atoms with E-state index in [9.17, 15) is 9.59 Å². The Kier molecular flexibility index (Phi) is 5.53. The van der Waals surface area contributed by atoms with E-state index in [2.05, 4.69) is 5.32 Å². The first-order chi connectivity index (χ1) is 14.2. The lowest BCUT2D eigenvalue weighted by atomic mass is 10.1. The van der Waals surface area contributed by atoms with E-state index in [-0.39, 0.29) is 17.2 Å². The molecule has 1 aliphatic rings. The fourth-order valence-electron chi connectivity index (χ4n) is 3.22. The van der Waals surface area contributed by atoms with Crippen molar-refractivity contribution in [1.82, 2.24) is 0 Å². The Hall–Kier alpha value is -3.25. The maximum absolute atomic E-state index is 12.5. The number of carbonyl (C=O) groups excluding carboxylic acids is 2. The smallest absolute Gasteiger partial charge is 0.255 e. The summed E-state index contributed by atoms with van der Waals surface area (Å²) in [5.74, 6) is 1.11. The molecule has 3 aromatic carbocycles. The van der Waals surface area contributed by atoms with Gasteiger partial charge in [0.05, 0.1) is 12.9 Å². The second-order valence-electron chi connectivity index (χ2n) is 6.57. The molecular formula is C23H20N2O3S. The van der Waals surface area contributed by atoms with Gasteiger partial charge in [-0.2, -0.15) is 0 Å². The van der Waals surface area contributed by atoms with Crippen molar-refractivity contribution in [1.29, 1.82) is 0 Å². The number of hydrogen-bond donors (Lipinski definition) is 1. The Labute approximate surface area is 173 Å². The van der Waals surface area contributed by atoms with Gasteiger partial charge in [0.15, 0.2) is 0 Å². The maximum atomic E-state index is 12.5. The second kappa shape index (κ2) is 8.41. The zero-order valence-corrected chi connectivity index (χ0v) is 16.7. The van der Waals surface area contributed by atoms with E-state index in [1.165, 1.54) is 0 Å². The summed E-state index contributed by atoms with van der Waals surface area (Å²) in [5, 5.41) is 2.80. The molecule has 5 nitrogen and oxygen atoms in total. The monoisotopic (exact) mass is 404 g/mol. The van der Waals surface area contributed by atoms with Crippen molar-refractivity contribution in [3.05, 3.63) is 90.0 Å². The molecule has 0 aromatic heterocycles. The molecule has 0 saturated carbocycles. The van der Waals surface area contributed by atoms with Crippen LogP contribution in [-0.4, -0.2) is 24.7 Å². The van der Waals surface area contributed by atoms with Gasteiger partial charge in [-0.1, -0.05) is 30.3 Å². The Balaban J connectivity index is 1.51. The van der Waals surface area contributed by atoms with Crippen molar-refractivity contribution in [3.8, 4) is 5.75 Å². The van der Waals surface area contributed by atoms with Gasteiger partial charge in [-0.15, -0.1) is 11.8 Å². The van der Waals surface area contributed by atoms with Crippen LogP contribution in [0.15, 0.2) is 78.9 Å². The predicted molar refractivity (Wildman–Crippen MR) is 117 cm³/mol. The molecule has 1 atom stereocenters. The molecule has 1 heterocycles. The van der Waals surface area contributed by atoms with Gasteiger partial charge in [-0.25, -0.2) is 0 Å². The van der Waals surface area contributed by atoms with E-state index in [4.69, 9.17) is 4.74 Å². The standard InChI is InChI=1S/C23H20N2O3S/c1-28-20-13-11-19(12-14-20)25-21(26)15-29-23(25)17-7-9-18(10-8-17)24-22(27)16-5-3-2-4-6-16/h2-14,23H,15H2,1H3,(H,24,27). The maximum Gasteiger partial charge on any atom is 0.255 e. The third kappa shape index (κ3) is 4.12. The first kappa shape index (κ1) is 19.1. The van der Waals surface area contributed by atoms with Crippen molar-refractivity contribution >= 4 is 35.0 Å². The van der Waals surface area contributed by atoms with Crippen LogP contribution in [0.4, 0.5) is 11.4 Å². The van der Waals surface area contributed by atoms with Crippen LogP contribution >= 0.6 is 11.8 Å². The van der Waals surface area contributed by atoms with Crippen LogP contribution in [0.5, 0.6) is 5.75 Å². The Morgan fingerprint density at radius 1 is 1.00 bits per heavy atom. The first-order valence-electron chi connectivity index (χ1n) is 9.20. The molecule has 1 N–H and O–H groups in total. The summed E-state index contributed by atoms with van der Waals surface area (Å²) < 4.78 is 5.20. The zero-order valence-electron chi connectivity index (χ0n) is 15.9. The predicted octanol–water partition coefficient (Wildman–Crippen LogP) is 4.73. The van der Waals surface area contributed by atoms with E-state index in [1.807, 2.05) is 71.6 Å². The van der Waals surface area contributed by atoms with E-state index >= 15 is 0 Å². The van der Waals surface area contributed by atoms with E-state index in [0.717, 1.165) is 17.0 Å². The van der Waals surface area contributed by atoms with Gasteiger partial charge >= 0.3 is 0 Å². The number of amides is 2. The quantitative estimate of drug-likeness (QED) is 0.668. The highest BCUT2D eigenvalue weighted by molar-refractivity contribution is 8.00. The van der Waals surface area contributed by atoms with Gasteiger partial charge in [-0.3, -0.25) is 14.5 Å². The molecule has 1 fully saturated rings. The topological polar surface area (TPSA) is 58.6 Å². The third-order valence-electron chi connectivity index (χ3n) is 4.71. The van der Waals surface area contributed by atoms with E-state index in [1.54, 1.807) is 31.0 Å². The molecule has 0 bridgehead atoms. The number of rotatable bonds is 5. The molecule has 6 heteroatoms. The number of hydrogen-bond acceptors (Lipinski definition) is 4. The molecule has 1 saturated heterocycles. The van der Waals surface area contributed by atoms with Crippen molar-refractivity contribution in [2.24, 2.45) is 0 Å². The second-order valence-corrected chi connectivity index (χ2v) is 7.64. The SMILES string of the molecule is COc1ccc(N2C(=O)CSC2c2ccc(NC(=O)c3ccccc3)cc2)cc1. The summed E-state index contributed by atoms with van der Waals surface area (Å²) in [5.41, 5.74) is 3.17. The van der Waals surface area contributed by atoms with Crippen molar-refractivity contribution < 1.29 is 14.3 Å². The highest BCUT2D eigenvalue weighted by Crippen LogP contribution is 2.42. The summed E-state index contributed by atoms with van der Waals surface area (Å²) in [6, 6.07) is 24.2. The number of nitrogens with zero attached hydrogens (tertiary/aromatic N) is 1. The van der Waals surface area contributed by atoms with Crippen LogP contribution in [0.3, 0.4) is 0 Å². The molecule has 0 aliphatic carbocycles. The van der Waals surface area contributed by atoms with Gasteiger partial charge in [0, 0.05) is 16.9 Å². The fraction of sp³-hybridized carbons (Fsp3) is 0.130. The van der Waals surface area contributed by atoms with Crippen LogP contribution in [0, 0.1) is 0 Å². The van der Waals surface area contributed by atoms with Gasteiger partial charge in [0.2, 0.25) is 5.91 Å². The lowest BCUT2D eigenvalue weighted by Gasteiger charge is -2.24. The molecule has 1 unspecified atom stereocenters. The molecule has 4 rings (SSSR count). The molecule has 0 spiro atoms. The average molecular weight is 404 g/mol. The number of benzene rings is 3. The van der Waals surface area contributed by atoms with E-state index in [0.29, 0.717) is 17.0 Å². The molecule has 3 aromatic rings. The van der Waals surface area contributed by atoms with Crippen molar-refractivity contribution in [2.45, 2.75) is 5.37 Å². The number of ether oxygens (including phenoxy) is 1. The van der Waals surface area contributed by atoms with Crippen molar-refractivity contribution in [3.63, 3.8) is 0 Å². The average Bonchev–Trinajstić information content (AvgIpc) is 3.16. The van der Waals surface area contributed by atoms with Crippen molar-refractivity contribution in [2.75, 3.05) is 23.1 Å². The summed E-state index contributed by atoms with van der Waals surface area (Å²) in [7, 11) is 1.62. The lowest BCUT2D eigenvalue weighted by molar-refractivity contribution is -0.115.